The molecule has 6 rings (SSSR count). The molecule has 0 aliphatic carbocycles. The van der Waals surface area contributed by atoms with Gasteiger partial charge in [-0.25, -0.2) is 9.59 Å². The van der Waals surface area contributed by atoms with Gasteiger partial charge in [-0.05, 0) is 58.6 Å². The van der Waals surface area contributed by atoms with Gasteiger partial charge in [0, 0.05) is 5.39 Å². The highest BCUT2D eigenvalue weighted by Crippen LogP contribution is 2.30. The molecule has 0 saturated carbocycles. The smallest absolute Gasteiger partial charge is 0.343 e. The second-order valence-corrected chi connectivity index (χ2v) is 6.13. The summed E-state index contributed by atoms with van der Waals surface area (Å²) in [6.07, 6.45) is 0. The molecule has 0 aliphatic heterocycles. The van der Waals surface area contributed by atoms with E-state index in [1.807, 2.05) is 42.5 Å². The van der Waals surface area contributed by atoms with Crippen LogP contribution in [-0.2, 0) is 0 Å². The van der Waals surface area contributed by atoms with Gasteiger partial charge in [-0.2, -0.15) is 0 Å². The molecule has 124 valence electrons. The molecule has 0 N–H and O–H groups in total. The fraction of sp³-hybridized carbons (Fsp3) is 0. The van der Waals surface area contributed by atoms with Crippen molar-refractivity contribution in [2.45, 2.75) is 0 Å². The van der Waals surface area contributed by atoms with Gasteiger partial charge in [0.05, 0.1) is 10.8 Å². The Kier molecular flexibility index (Phi) is 3.06. The lowest BCUT2D eigenvalue weighted by Gasteiger charge is -2.04. The second kappa shape index (κ2) is 5.43. The van der Waals surface area contributed by atoms with Gasteiger partial charge in [-0.3, -0.25) is 0 Å². The lowest BCUT2D eigenvalue weighted by atomic mass is 10.0. The van der Waals surface area contributed by atoms with Gasteiger partial charge >= 0.3 is 11.3 Å². The van der Waals surface area contributed by atoms with E-state index in [1.165, 1.54) is 0 Å². The SMILES string of the molecule is O=c1oc2ccc3c4ccccc4ccc3c2oc(=O)c2ccc1cc2. The van der Waals surface area contributed by atoms with Gasteiger partial charge in [0.1, 0.15) is 0 Å². The molecule has 0 atom stereocenters. The number of hydrogen-bond acceptors (Lipinski definition) is 4. The van der Waals surface area contributed by atoms with Crippen molar-refractivity contribution in [1.29, 1.82) is 0 Å². The van der Waals surface area contributed by atoms with Crippen LogP contribution >= 0.6 is 0 Å². The summed E-state index contributed by atoms with van der Waals surface area (Å²) in [5.74, 6) is 0. The molecule has 0 saturated heterocycles. The molecule has 4 heteroatoms. The van der Waals surface area contributed by atoms with Gasteiger partial charge in [0.2, 0.25) is 0 Å². The predicted molar refractivity (Wildman–Crippen MR) is 102 cm³/mol. The van der Waals surface area contributed by atoms with Crippen LogP contribution in [0.25, 0.3) is 43.5 Å². The fourth-order valence-corrected chi connectivity index (χ4v) is 3.28. The van der Waals surface area contributed by atoms with Crippen molar-refractivity contribution < 1.29 is 8.83 Å². The molecule has 26 heavy (non-hydrogen) atoms. The van der Waals surface area contributed by atoms with Crippen LogP contribution in [0, 0.1) is 0 Å². The van der Waals surface area contributed by atoms with E-state index in [-0.39, 0.29) is 11.2 Å². The van der Waals surface area contributed by atoms with Crippen LogP contribution in [0.4, 0.5) is 0 Å². The van der Waals surface area contributed by atoms with E-state index in [2.05, 4.69) is 0 Å². The lowest BCUT2D eigenvalue weighted by Crippen LogP contribution is -2.00. The van der Waals surface area contributed by atoms with E-state index < -0.39 is 11.3 Å². The Morgan fingerprint density at radius 2 is 1.12 bits per heavy atom. The maximum Gasteiger partial charge on any atom is 0.343 e. The first-order valence-electron chi connectivity index (χ1n) is 8.19. The van der Waals surface area contributed by atoms with E-state index in [9.17, 15) is 9.59 Å². The second-order valence-electron chi connectivity index (χ2n) is 6.13. The Morgan fingerprint density at radius 1 is 0.500 bits per heavy atom. The Morgan fingerprint density at radius 3 is 1.88 bits per heavy atom. The van der Waals surface area contributed by atoms with Gasteiger partial charge in [-0.15, -0.1) is 0 Å². The molecular weight excluding hydrogens is 328 g/mol. The molecule has 0 spiro atoms. The van der Waals surface area contributed by atoms with Crippen LogP contribution in [0.5, 0.6) is 0 Å². The number of benzene rings is 4. The third-order valence-corrected chi connectivity index (χ3v) is 4.59. The van der Waals surface area contributed by atoms with E-state index in [0.717, 1.165) is 21.5 Å². The van der Waals surface area contributed by atoms with E-state index in [1.54, 1.807) is 30.3 Å². The maximum absolute atomic E-state index is 12.5. The minimum Gasteiger partial charge on any atom is -0.419 e. The summed E-state index contributed by atoms with van der Waals surface area (Å²) in [6.45, 7) is 0. The van der Waals surface area contributed by atoms with Crippen LogP contribution in [0.15, 0.2) is 91.2 Å². The van der Waals surface area contributed by atoms with E-state index >= 15 is 0 Å². The summed E-state index contributed by atoms with van der Waals surface area (Å²) in [5.41, 5.74) is -0.491. The zero-order valence-electron chi connectivity index (χ0n) is 13.6. The van der Waals surface area contributed by atoms with E-state index in [4.69, 9.17) is 8.83 Å². The van der Waals surface area contributed by atoms with Gasteiger partial charge < -0.3 is 8.83 Å². The summed E-state index contributed by atoms with van der Waals surface area (Å²) in [6, 6.07) is 21.6. The molecular formula is C22H12O4. The molecule has 0 aliphatic rings. The first-order chi connectivity index (χ1) is 12.7. The van der Waals surface area contributed by atoms with Crippen molar-refractivity contribution in [3.8, 4) is 0 Å². The van der Waals surface area contributed by atoms with Crippen molar-refractivity contribution in [2.75, 3.05) is 0 Å². The molecule has 0 unspecified atom stereocenters. The largest absolute Gasteiger partial charge is 0.419 e. The van der Waals surface area contributed by atoms with Gasteiger partial charge in [0.15, 0.2) is 11.2 Å². The quantitative estimate of drug-likeness (QED) is 0.381. The molecule has 0 radical (unpaired) electrons. The van der Waals surface area contributed by atoms with Crippen LogP contribution in [-0.4, -0.2) is 0 Å². The minimum atomic E-state index is -0.490. The Balaban J connectivity index is 2.09. The summed E-state index contributed by atoms with van der Waals surface area (Å²) in [7, 11) is 0. The standard InChI is InChI=1S/C22H12O4/c23-21-14-5-7-15(8-6-14)22(24)26-20-18-10-9-13-3-1-2-4-16(13)17(18)11-12-19(20)25-21/h1-12H. The van der Waals surface area contributed by atoms with Crippen molar-refractivity contribution in [3.63, 3.8) is 0 Å². The zero-order valence-corrected chi connectivity index (χ0v) is 13.6. The van der Waals surface area contributed by atoms with Crippen LogP contribution < -0.4 is 11.3 Å². The fourth-order valence-electron chi connectivity index (χ4n) is 3.28. The summed E-state index contributed by atoms with van der Waals surface area (Å²) in [5, 5.41) is 4.53. The Hall–Kier alpha value is -3.66. The third kappa shape index (κ3) is 2.16. The first kappa shape index (κ1) is 14.7. The van der Waals surface area contributed by atoms with Crippen molar-refractivity contribution in [2.24, 2.45) is 0 Å². The molecule has 4 nitrogen and oxygen atoms in total. The molecule has 2 heterocycles. The monoisotopic (exact) mass is 340 g/mol. The molecule has 0 amide bonds. The average molecular weight is 340 g/mol. The molecule has 4 aromatic carbocycles. The third-order valence-electron chi connectivity index (χ3n) is 4.59. The zero-order chi connectivity index (χ0) is 17.7. The highest BCUT2D eigenvalue weighted by molar-refractivity contribution is 6.14. The van der Waals surface area contributed by atoms with Gasteiger partial charge in [-0.1, -0.05) is 30.3 Å². The van der Waals surface area contributed by atoms with Crippen molar-refractivity contribution in [1.82, 2.24) is 0 Å². The normalized spacial score (nSPS) is 11.4. The maximum atomic E-state index is 12.5. The molecule has 0 fully saturated rings. The summed E-state index contributed by atoms with van der Waals surface area (Å²) < 4.78 is 11.2. The lowest BCUT2D eigenvalue weighted by molar-refractivity contribution is 0.535. The van der Waals surface area contributed by atoms with Crippen LogP contribution in [0.1, 0.15) is 0 Å². The van der Waals surface area contributed by atoms with E-state index in [0.29, 0.717) is 10.8 Å². The molecule has 2 bridgehead atoms. The Labute approximate surface area is 146 Å². The predicted octanol–water partition coefficient (Wildman–Crippen LogP) is 4.77. The van der Waals surface area contributed by atoms with Crippen molar-refractivity contribution in [3.05, 3.63) is 93.6 Å². The highest BCUT2D eigenvalue weighted by atomic mass is 16.4. The number of fused-ring (bicyclic) bond motifs is 7. The number of hydrogen-bond donors (Lipinski definition) is 0. The molecule has 6 aromatic rings. The average Bonchev–Trinajstić information content (AvgIpc) is 2.69. The molecule has 2 aromatic heterocycles. The van der Waals surface area contributed by atoms with Crippen LogP contribution in [0.2, 0.25) is 0 Å². The van der Waals surface area contributed by atoms with Crippen LogP contribution in [0.3, 0.4) is 0 Å². The highest BCUT2D eigenvalue weighted by Gasteiger charge is 2.08. The summed E-state index contributed by atoms with van der Waals surface area (Å²) in [4.78, 5) is 24.9. The number of rotatable bonds is 0. The first-order valence-corrected chi connectivity index (χ1v) is 8.19. The Bertz CT molecular complexity index is 1450. The minimum absolute atomic E-state index is 0.230. The van der Waals surface area contributed by atoms with Crippen molar-refractivity contribution >= 4 is 43.5 Å². The summed E-state index contributed by atoms with van der Waals surface area (Å²) >= 11 is 0. The topological polar surface area (TPSA) is 60.4 Å². The van der Waals surface area contributed by atoms with Gasteiger partial charge in [0.25, 0.3) is 0 Å².